The number of hydrogen-bond donors (Lipinski definition) is 1. The standard InChI is InChI=1S/C8H16N2/c1-7(2)10-6-8(3)4-5-9/h7-8,10H,4,6H2,1-3H3/t8-/m0/s1. The van der Waals surface area contributed by atoms with Gasteiger partial charge in [-0.3, -0.25) is 0 Å². The topological polar surface area (TPSA) is 35.8 Å². The van der Waals surface area contributed by atoms with E-state index in [4.69, 9.17) is 5.26 Å². The molecule has 0 rings (SSSR count). The van der Waals surface area contributed by atoms with Crippen LogP contribution in [0.4, 0.5) is 0 Å². The van der Waals surface area contributed by atoms with Crippen LogP contribution in [0.2, 0.25) is 0 Å². The third-order valence-corrected chi connectivity index (χ3v) is 1.31. The van der Waals surface area contributed by atoms with Gasteiger partial charge >= 0.3 is 0 Å². The van der Waals surface area contributed by atoms with Crippen LogP contribution in [0.1, 0.15) is 27.2 Å². The van der Waals surface area contributed by atoms with E-state index in [2.05, 4.69) is 32.2 Å². The minimum atomic E-state index is 0.479. The van der Waals surface area contributed by atoms with Crippen molar-refractivity contribution in [2.24, 2.45) is 5.92 Å². The molecule has 0 saturated heterocycles. The van der Waals surface area contributed by atoms with Gasteiger partial charge in [-0.2, -0.15) is 5.26 Å². The average molecular weight is 140 g/mol. The summed E-state index contributed by atoms with van der Waals surface area (Å²) in [5.74, 6) is 0.479. The Balaban J connectivity index is 3.23. The van der Waals surface area contributed by atoms with E-state index in [1.807, 2.05) is 0 Å². The highest BCUT2D eigenvalue weighted by Crippen LogP contribution is 1.97. The molecule has 0 aliphatic heterocycles. The lowest BCUT2D eigenvalue weighted by Crippen LogP contribution is -2.27. The first-order chi connectivity index (χ1) is 4.66. The first-order valence-corrected chi connectivity index (χ1v) is 3.77. The molecular formula is C8H16N2. The summed E-state index contributed by atoms with van der Waals surface area (Å²) in [7, 11) is 0. The maximum Gasteiger partial charge on any atom is 0.0625 e. The fourth-order valence-electron chi connectivity index (χ4n) is 0.665. The molecule has 0 aromatic rings. The summed E-state index contributed by atoms with van der Waals surface area (Å²) in [6.07, 6.45) is 0.653. The highest BCUT2D eigenvalue weighted by atomic mass is 14.9. The molecule has 58 valence electrons. The number of rotatable bonds is 4. The molecular weight excluding hydrogens is 124 g/mol. The molecule has 2 heteroatoms. The fourth-order valence-corrected chi connectivity index (χ4v) is 0.665. The van der Waals surface area contributed by atoms with Gasteiger partial charge < -0.3 is 5.32 Å². The van der Waals surface area contributed by atoms with Gasteiger partial charge in [0.1, 0.15) is 0 Å². The molecule has 0 saturated carbocycles. The van der Waals surface area contributed by atoms with Gasteiger partial charge in [-0.1, -0.05) is 20.8 Å². The Morgan fingerprint density at radius 2 is 2.00 bits per heavy atom. The van der Waals surface area contributed by atoms with Crippen molar-refractivity contribution in [1.29, 1.82) is 5.26 Å². The predicted octanol–water partition coefficient (Wildman–Crippen LogP) is 1.53. The molecule has 10 heavy (non-hydrogen) atoms. The zero-order chi connectivity index (χ0) is 7.98. The Bertz CT molecular complexity index is 113. The fraction of sp³-hybridized carbons (Fsp3) is 0.875. The lowest BCUT2D eigenvalue weighted by atomic mass is 10.1. The van der Waals surface area contributed by atoms with Crippen molar-refractivity contribution in [2.45, 2.75) is 33.2 Å². The Labute approximate surface area is 63.2 Å². The van der Waals surface area contributed by atoms with Gasteiger partial charge in [0.2, 0.25) is 0 Å². The minimum absolute atomic E-state index is 0.479. The zero-order valence-electron chi connectivity index (χ0n) is 7.02. The summed E-state index contributed by atoms with van der Waals surface area (Å²) in [5, 5.41) is 11.6. The van der Waals surface area contributed by atoms with Gasteiger partial charge in [0.15, 0.2) is 0 Å². The molecule has 0 amide bonds. The van der Waals surface area contributed by atoms with Crippen LogP contribution in [-0.2, 0) is 0 Å². The second-order valence-corrected chi connectivity index (χ2v) is 3.03. The molecule has 0 unspecified atom stereocenters. The van der Waals surface area contributed by atoms with Crippen molar-refractivity contribution in [3.8, 4) is 6.07 Å². The van der Waals surface area contributed by atoms with Crippen molar-refractivity contribution in [3.63, 3.8) is 0 Å². The average Bonchev–Trinajstić information content (AvgIpc) is 1.85. The van der Waals surface area contributed by atoms with E-state index in [1.54, 1.807) is 0 Å². The second kappa shape index (κ2) is 5.25. The molecule has 0 radical (unpaired) electrons. The van der Waals surface area contributed by atoms with Crippen LogP contribution < -0.4 is 5.32 Å². The highest BCUT2D eigenvalue weighted by molar-refractivity contribution is 4.74. The first kappa shape index (κ1) is 9.45. The van der Waals surface area contributed by atoms with Crippen LogP contribution in [-0.4, -0.2) is 12.6 Å². The molecule has 0 aliphatic rings. The van der Waals surface area contributed by atoms with Gasteiger partial charge in [-0.05, 0) is 12.5 Å². The molecule has 0 aromatic carbocycles. The third kappa shape index (κ3) is 5.58. The summed E-state index contributed by atoms with van der Waals surface area (Å²) < 4.78 is 0. The highest BCUT2D eigenvalue weighted by Gasteiger charge is 2.00. The van der Waals surface area contributed by atoms with Crippen molar-refractivity contribution in [1.82, 2.24) is 5.32 Å². The monoisotopic (exact) mass is 140 g/mol. The predicted molar refractivity (Wildman–Crippen MR) is 42.5 cm³/mol. The molecule has 0 spiro atoms. The first-order valence-electron chi connectivity index (χ1n) is 3.77. The molecule has 0 heterocycles. The lowest BCUT2D eigenvalue weighted by molar-refractivity contribution is 0.484. The molecule has 1 atom stereocenters. The normalized spacial score (nSPS) is 13.1. The largest absolute Gasteiger partial charge is 0.314 e. The van der Waals surface area contributed by atoms with Crippen molar-refractivity contribution < 1.29 is 0 Å². The summed E-state index contributed by atoms with van der Waals surface area (Å²) in [4.78, 5) is 0. The van der Waals surface area contributed by atoms with Crippen LogP contribution in [0.15, 0.2) is 0 Å². The number of hydrogen-bond acceptors (Lipinski definition) is 2. The molecule has 0 aromatic heterocycles. The summed E-state index contributed by atoms with van der Waals surface area (Å²) in [6.45, 7) is 7.25. The zero-order valence-corrected chi connectivity index (χ0v) is 7.02. The molecule has 0 fully saturated rings. The van der Waals surface area contributed by atoms with Gasteiger partial charge in [0.05, 0.1) is 6.07 Å². The molecule has 0 aliphatic carbocycles. The number of nitriles is 1. The maximum atomic E-state index is 8.32. The van der Waals surface area contributed by atoms with Crippen molar-refractivity contribution in [3.05, 3.63) is 0 Å². The van der Waals surface area contributed by atoms with E-state index in [0.29, 0.717) is 18.4 Å². The Morgan fingerprint density at radius 3 is 2.40 bits per heavy atom. The van der Waals surface area contributed by atoms with Gasteiger partial charge in [0, 0.05) is 12.5 Å². The van der Waals surface area contributed by atoms with Crippen molar-refractivity contribution >= 4 is 0 Å². The minimum Gasteiger partial charge on any atom is -0.314 e. The van der Waals surface area contributed by atoms with E-state index in [9.17, 15) is 0 Å². The smallest absolute Gasteiger partial charge is 0.0625 e. The van der Waals surface area contributed by atoms with E-state index in [-0.39, 0.29) is 0 Å². The molecule has 2 nitrogen and oxygen atoms in total. The Kier molecular flexibility index (Phi) is 4.96. The number of nitrogens with zero attached hydrogens (tertiary/aromatic N) is 1. The second-order valence-electron chi connectivity index (χ2n) is 3.03. The lowest BCUT2D eigenvalue weighted by Gasteiger charge is -2.11. The van der Waals surface area contributed by atoms with E-state index in [1.165, 1.54) is 0 Å². The number of nitrogens with one attached hydrogen (secondary N) is 1. The Hall–Kier alpha value is -0.550. The quantitative estimate of drug-likeness (QED) is 0.643. The third-order valence-electron chi connectivity index (χ3n) is 1.31. The van der Waals surface area contributed by atoms with E-state index >= 15 is 0 Å². The maximum absolute atomic E-state index is 8.32. The van der Waals surface area contributed by atoms with Crippen molar-refractivity contribution in [2.75, 3.05) is 6.54 Å². The summed E-state index contributed by atoms with van der Waals surface area (Å²) in [5.41, 5.74) is 0. The Morgan fingerprint density at radius 1 is 1.40 bits per heavy atom. The molecule has 1 N–H and O–H groups in total. The van der Waals surface area contributed by atoms with Gasteiger partial charge in [-0.15, -0.1) is 0 Å². The van der Waals surface area contributed by atoms with E-state index < -0.39 is 0 Å². The van der Waals surface area contributed by atoms with Crippen LogP contribution in [0.25, 0.3) is 0 Å². The van der Waals surface area contributed by atoms with Gasteiger partial charge in [-0.25, -0.2) is 0 Å². The van der Waals surface area contributed by atoms with Crippen LogP contribution in [0.5, 0.6) is 0 Å². The van der Waals surface area contributed by atoms with Crippen LogP contribution >= 0.6 is 0 Å². The van der Waals surface area contributed by atoms with Crippen LogP contribution in [0, 0.1) is 17.2 Å². The summed E-state index contributed by atoms with van der Waals surface area (Å²) in [6, 6.07) is 2.68. The van der Waals surface area contributed by atoms with E-state index in [0.717, 1.165) is 6.54 Å². The molecule has 0 bridgehead atoms. The summed E-state index contributed by atoms with van der Waals surface area (Å²) >= 11 is 0. The van der Waals surface area contributed by atoms with Gasteiger partial charge in [0.25, 0.3) is 0 Å². The van der Waals surface area contributed by atoms with Crippen LogP contribution in [0.3, 0.4) is 0 Å². The SMILES string of the molecule is CC(C)NC[C@@H](C)CC#N.